The molecule has 26 heavy (non-hydrogen) atoms. The summed E-state index contributed by atoms with van der Waals surface area (Å²) in [5.41, 5.74) is -1.27. The molecule has 3 rings (SSSR count). The number of hydrogen-bond acceptors (Lipinski definition) is 4. The monoisotopic (exact) mass is 394 g/mol. The third kappa shape index (κ3) is 3.18. The maximum atomic E-state index is 13.8. The van der Waals surface area contributed by atoms with Gasteiger partial charge in [0.15, 0.2) is 0 Å². The minimum absolute atomic E-state index is 0.0293. The number of alkyl halides is 3. The van der Waals surface area contributed by atoms with Crippen molar-refractivity contribution >= 4 is 17.6 Å². The second kappa shape index (κ2) is 6.38. The van der Waals surface area contributed by atoms with E-state index in [1.165, 1.54) is 0 Å². The lowest BCUT2D eigenvalue weighted by molar-refractivity contribution is -0.198. The molecule has 1 N–H and O–H groups in total. The van der Waals surface area contributed by atoms with E-state index in [9.17, 15) is 32.3 Å². The van der Waals surface area contributed by atoms with Crippen molar-refractivity contribution < 1.29 is 27.5 Å². The van der Waals surface area contributed by atoms with Gasteiger partial charge in [0.2, 0.25) is 0 Å². The molecule has 0 amide bonds. The highest BCUT2D eigenvalue weighted by molar-refractivity contribution is 6.30. The minimum Gasteiger partial charge on any atom is -0.480 e. The van der Waals surface area contributed by atoms with Crippen molar-refractivity contribution in [2.45, 2.75) is 31.6 Å². The molecule has 2 aromatic heterocycles. The average Bonchev–Trinajstić information content (AvgIpc) is 2.84. The predicted molar refractivity (Wildman–Crippen MR) is 79.3 cm³/mol. The van der Waals surface area contributed by atoms with E-state index in [2.05, 4.69) is 10.1 Å². The molecule has 0 radical (unpaired) electrons. The zero-order valence-electron chi connectivity index (χ0n) is 12.9. The fraction of sp³-hybridized carbons (Fsp3) is 0.429. The first-order valence-corrected chi connectivity index (χ1v) is 7.75. The number of pyridine rings is 1. The van der Waals surface area contributed by atoms with Gasteiger partial charge in [-0.3, -0.25) is 9.55 Å². The number of halogens is 5. The van der Waals surface area contributed by atoms with Crippen molar-refractivity contribution in [3.8, 4) is 0 Å². The number of hydrogen-bond donors (Lipinski definition) is 1. The maximum Gasteiger partial charge on any atom is 0.394 e. The van der Waals surface area contributed by atoms with Crippen LogP contribution < -0.4 is 5.69 Å². The van der Waals surface area contributed by atoms with Crippen LogP contribution in [-0.4, -0.2) is 36.6 Å². The van der Waals surface area contributed by atoms with E-state index in [1.807, 2.05) is 0 Å². The van der Waals surface area contributed by atoms with E-state index in [-0.39, 0.29) is 23.0 Å². The van der Waals surface area contributed by atoms with Crippen LogP contribution in [0.25, 0.3) is 0 Å². The summed E-state index contributed by atoms with van der Waals surface area (Å²) in [4.78, 5) is 27.6. The third-order valence-corrected chi connectivity index (χ3v) is 4.34. The Balaban J connectivity index is 2.04. The number of nitrogens with zero attached hydrogens (tertiary/aromatic N) is 4. The van der Waals surface area contributed by atoms with Crippen molar-refractivity contribution in [3.05, 3.63) is 45.1 Å². The molecule has 0 spiro atoms. The van der Waals surface area contributed by atoms with Crippen molar-refractivity contribution in [2.75, 3.05) is 0 Å². The number of rotatable bonds is 3. The zero-order chi connectivity index (χ0) is 19.2. The largest absolute Gasteiger partial charge is 0.480 e. The number of carbonyl (C=O) groups is 1. The highest BCUT2D eigenvalue weighted by Crippen LogP contribution is 2.40. The van der Waals surface area contributed by atoms with Gasteiger partial charge in [-0.15, -0.1) is 0 Å². The van der Waals surface area contributed by atoms with Crippen molar-refractivity contribution in [1.82, 2.24) is 19.3 Å². The molecule has 0 aliphatic carbocycles. The van der Waals surface area contributed by atoms with Gasteiger partial charge in [0.05, 0.1) is 23.2 Å². The van der Waals surface area contributed by atoms with Crippen LogP contribution in [0.3, 0.4) is 0 Å². The first kappa shape index (κ1) is 18.4. The molecule has 0 fully saturated rings. The Hall–Kier alpha value is -2.43. The summed E-state index contributed by atoms with van der Waals surface area (Å²) in [6.07, 6.45) is -4.38. The highest BCUT2D eigenvalue weighted by Gasteiger charge is 2.51. The van der Waals surface area contributed by atoms with E-state index in [0.717, 1.165) is 12.3 Å². The third-order valence-electron chi connectivity index (χ3n) is 4.14. The Bertz CT molecular complexity index is 924. The zero-order valence-corrected chi connectivity index (χ0v) is 13.6. The molecule has 0 saturated heterocycles. The van der Waals surface area contributed by atoms with Gasteiger partial charge in [-0.2, -0.15) is 18.3 Å². The summed E-state index contributed by atoms with van der Waals surface area (Å²) in [6, 6.07) is -1.16. The molecular formula is C14H11ClF4N4O3. The predicted octanol–water partition coefficient (Wildman–Crippen LogP) is 2.03. The van der Waals surface area contributed by atoms with Crippen LogP contribution in [0.5, 0.6) is 0 Å². The first-order chi connectivity index (χ1) is 12.1. The number of carboxylic acids is 1. The fourth-order valence-corrected chi connectivity index (χ4v) is 3.11. The minimum atomic E-state index is -4.79. The normalized spacial score (nSPS) is 20.0. The Kier molecular flexibility index (Phi) is 4.51. The number of aromatic nitrogens is 4. The number of fused-ring (bicyclic) bond motifs is 1. The summed E-state index contributed by atoms with van der Waals surface area (Å²) in [5, 5.41) is 13.1. The molecule has 12 heteroatoms. The molecule has 7 nitrogen and oxygen atoms in total. The molecule has 2 unspecified atom stereocenters. The Morgan fingerprint density at radius 1 is 1.42 bits per heavy atom. The summed E-state index contributed by atoms with van der Waals surface area (Å²) in [6.45, 7) is -0.467. The maximum absolute atomic E-state index is 13.8. The quantitative estimate of drug-likeness (QED) is 0.804. The van der Waals surface area contributed by atoms with Crippen molar-refractivity contribution in [1.29, 1.82) is 0 Å². The summed E-state index contributed by atoms with van der Waals surface area (Å²) < 4.78 is 54.5. The second-order valence-corrected chi connectivity index (χ2v) is 6.21. The molecule has 2 atom stereocenters. The van der Waals surface area contributed by atoms with Crippen LogP contribution in [0.1, 0.15) is 24.0 Å². The molecule has 3 heterocycles. The van der Waals surface area contributed by atoms with Gasteiger partial charge in [0, 0.05) is 12.6 Å². The molecular weight excluding hydrogens is 384 g/mol. The molecule has 1 aliphatic heterocycles. The van der Waals surface area contributed by atoms with Crippen molar-refractivity contribution in [3.63, 3.8) is 0 Å². The molecule has 1 aliphatic rings. The van der Waals surface area contributed by atoms with Crippen LogP contribution in [0.15, 0.2) is 17.1 Å². The lowest BCUT2D eigenvalue weighted by Crippen LogP contribution is -2.44. The van der Waals surface area contributed by atoms with Crippen LogP contribution in [0.2, 0.25) is 5.02 Å². The first-order valence-electron chi connectivity index (χ1n) is 7.37. The van der Waals surface area contributed by atoms with Gasteiger partial charge in [0.1, 0.15) is 17.7 Å². The standard InChI is InChI=1S/C14H11ClF4N4O3/c15-6-3-8(16)9(20-4-6)5-22-13(26)23-10(21-22)2-1-7(14(17,18)19)11(23)12(24)25/h3-4,7,11H,1-2,5H2,(H,24,25). The number of aryl methyl sites for hydroxylation is 1. The second-order valence-electron chi connectivity index (χ2n) is 5.78. The van der Waals surface area contributed by atoms with E-state index in [4.69, 9.17) is 11.6 Å². The average molecular weight is 395 g/mol. The van der Waals surface area contributed by atoms with Gasteiger partial charge in [-0.1, -0.05) is 11.6 Å². The Morgan fingerprint density at radius 3 is 2.69 bits per heavy atom. The van der Waals surface area contributed by atoms with Crippen LogP contribution in [0, 0.1) is 11.7 Å². The SMILES string of the molecule is O=C(O)C1C(C(F)(F)F)CCc2nn(Cc3ncc(Cl)cc3F)c(=O)n21. The van der Waals surface area contributed by atoms with E-state index in [1.54, 1.807) is 0 Å². The topological polar surface area (TPSA) is 90.0 Å². The van der Waals surface area contributed by atoms with Gasteiger partial charge in [-0.05, 0) is 12.5 Å². The van der Waals surface area contributed by atoms with E-state index < -0.39 is 48.6 Å². The van der Waals surface area contributed by atoms with Crippen LogP contribution in [-0.2, 0) is 17.8 Å². The molecule has 140 valence electrons. The van der Waals surface area contributed by atoms with Gasteiger partial charge < -0.3 is 5.11 Å². The molecule has 0 bridgehead atoms. The smallest absolute Gasteiger partial charge is 0.394 e. The fourth-order valence-electron chi connectivity index (χ4n) is 2.97. The van der Waals surface area contributed by atoms with E-state index >= 15 is 0 Å². The molecule has 0 saturated carbocycles. The Labute approximate surface area is 147 Å². The van der Waals surface area contributed by atoms with Gasteiger partial charge >= 0.3 is 17.8 Å². The number of aliphatic carboxylic acids is 1. The van der Waals surface area contributed by atoms with Gasteiger partial charge in [-0.25, -0.2) is 18.7 Å². The number of carboxylic acid groups (broad SMARTS) is 1. The van der Waals surface area contributed by atoms with Gasteiger partial charge in [0.25, 0.3) is 0 Å². The van der Waals surface area contributed by atoms with Crippen molar-refractivity contribution in [2.24, 2.45) is 5.92 Å². The Morgan fingerprint density at radius 2 is 2.12 bits per heavy atom. The molecule has 2 aromatic rings. The molecule has 0 aromatic carbocycles. The van der Waals surface area contributed by atoms with Crippen LogP contribution in [0.4, 0.5) is 17.6 Å². The summed E-state index contributed by atoms with van der Waals surface area (Å²) >= 11 is 5.58. The highest BCUT2D eigenvalue weighted by atomic mass is 35.5. The van der Waals surface area contributed by atoms with Crippen LogP contribution >= 0.6 is 11.6 Å². The summed E-state index contributed by atoms with van der Waals surface area (Å²) in [5.74, 6) is -4.92. The lowest BCUT2D eigenvalue weighted by atomic mass is 9.90. The summed E-state index contributed by atoms with van der Waals surface area (Å²) in [7, 11) is 0. The van der Waals surface area contributed by atoms with E-state index in [0.29, 0.717) is 9.25 Å². The lowest BCUT2D eigenvalue weighted by Gasteiger charge is -2.30.